The van der Waals surface area contributed by atoms with Crippen LogP contribution in [-0.2, 0) is 18.6 Å². The molecule has 36 heavy (non-hydrogen) atoms. The van der Waals surface area contributed by atoms with E-state index in [4.69, 9.17) is 18.6 Å². The van der Waals surface area contributed by atoms with Gasteiger partial charge in [0.2, 0.25) is 0 Å². The van der Waals surface area contributed by atoms with Crippen molar-refractivity contribution in [2.75, 3.05) is 34.2 Å². The molecule has 0 spiro atoms. The number of amides is 1. The van der Waals surface area contributed by atoms with Gasteiger partial charge in [-0.3, -0.25) is 4.90 Å². The number of ether oxygens (including phenoxy) is 3. The Labute approximate surface area is 216 Å². The van der Waals surface area contributed by atoms with E-state index in [1.807, 2.05) is 12.1 Å². The van der Waals surface area contributed by atoms with E-state index >= 15 is 0 Å². The van der Waals surface area contributed by atoms with E-state index in [-0.39, 0.29) is 30.6 Å². The first-order chi connectivity index (χ1) is 17.3. The topological polar surface area (TPSA) is 77.5 Å². The van der Waals surface area contributed by atoms with E-state index in [1.54, 1.807) is 12.0 Å². The fourth-order valence-corrected chi connectivity index (χ4v) is 10.1. The van der Waals surface area contributed by atoms with Gasteiger partial charge in [0.05, 0.1) is 25.9 Å². The lowest BCUT2D eigenvalue weighted by Crippen LogP contribution is -2.67. The largest absolute Gasteiger partial charge is 0.453 e. The number of carbonyl (C=O) groups is 1. The maximum atomic E-state index is 12.8. The van der Waals surface area contributed by atoms with Gasteiger partial charge in [0.25, 0.3) is 8.32 Å². The van der Waals surface area contributed by atoms with Crippen molar-refractivity contribution >= 4 is 24.8 Å². The van der Waals surface area contributed by atoms with Crippen LogP contribution in [0.5, 0.6) is 0 Å². The van der Waals surface area contributed by atoms with Crippen LogP contribution in [0.2, 0.25) is 5.04 Å². The summed E-state index contributed by atoms with van der Waals surface area (Å²) in [5, 5.41) is 12.5. The lowest BCUT2D eigenvalue weighted by molar-refractivity contribution is -0.127. The molecule has 2 aromatic carbocycles. The van der Waals surface area contributed by atoms with E-state index in [9.17, 15) is 9.90 Å². The molecule has 1 fully saturated rings. The second kappa shape index (κ2) is 12.8. The van der Waals surface area contributed by atoms with Crippen LogP contribution in [0.25, 0.3) is 0 Å². The Balaban J connectivity index is 1.88. The van der Waals surface area contributed by atoms with Crippen molar-refractivity contribution in [1.29, 1.82) is 0 Å². The van der Waals surface area contributed by atoms with Gasteiger partial charge in [-0.05, 0) is 34.7 Å². The summed E-state index contributed by atoms with van der Waals surface area (Å²) in [6.07, 6.45) is 1.29. The third kappa shape index (κ3) is 6.00. The first-order valence-corrected chi connectivity index (χ1v) is 14.5. The van der Waals surface area contributed by atoms with Crippen LogP contribution in [0.4, 0.5) is 4.79 Å². The molecule has 1 saturated heterocycles. The number of rotatable bonds is 10. The number of piperidine rings is 1. The van der Waals surface area contributed by atoms with E-state index in [1.165, 1.54) is 17.5 Å². The summed E-state index contributed by atoms with van der Waals surface area (Å²) in [7, 11) is 0.250. The van der Waals surface area contributed by atoms with Gasteiger partial charge >= 0.3 is 6.09 Å². The number of hydrogen-bond donors (Lipinski definition) is 1. The Kier molecular flexibility index (Phi) is 10.1. The van der Waals surface area contributed by atoms with Crippen LogP contribution >= 0.6 is 0 Å². The maximum absolute atomic E-state index is 12.8. The number of aliphatic hydroxyl groups is 1. The zero-order valence-corrected chi connectivity index (χ0v) is 23.2. The van der Waals surface area contributed by atoms with Crippen molar-refractivity contribution < 1.29 is 28.5 Å². The van der Waals surface area contributed by atoms with Crippen molar-refractivity contribution in [3.63, 3.8) is 0 Å². The van der Waals surface area contributed by atoms with Gasteiger partial charge in [0.1, 0.15) is 6.79 Å². The molecule has 0 aliphatic carbocycles. The molecule has 1 heterocycles. The van der Waals surface area contributed by atoms with E-state index < -0.39 is 20.5 Å². The predicted molar refractivity (Wildman–Crippen MR) is 143 cm³/mol. The summed E-state index contributed by atoms with van der Waals surface area (Å²) in [4.78, 5) is 14.4. The van der Waals surface area contributed by atoms with Crippen molar-refractivity contribution in [3.8, 4) is 0 Å². The SMILES string of the molecule is COCO[C@@H]1CC[C@H](CCO[Si](c2ccccc2)(c2ccccc2)C(C)(C)C)N(C(=O)OC)[C@@H]1CO. The van der Waals surface area contributed by atoms with Gasteiger partial charge < -0.3 is 23.7 Å². The van der Waals surface area contributed by atoms with E-state index in [0.29, 0.717) is 19.4 Å². The molecule has 0 aromatic heterocycles. The van der Waals surface area contributed by atoms with Crippen LogP contribution in [0.3, 0.4) is 0 Å². The first-order valence-electron chi connectivity index (χ1n) is 12.6. The van der Waals surface area contributed by atoms with Gasteiger partial charge in [0, 0.05) is 19.8 Å². The van der Waals surface area contributed by atoms with Gasteiger partial charge in [0.15, 0.2) is 0 Å². The number of aliphatic hydroxyl groups excluding tert-OH is 1. The lowest BCUT2D eigenvalue weighted by atomic mass is 9.92. The van der Waals surface area contributed by atoms with Crippen molar-refractivity contribution in [3.05, 3.63) is 60.7 Å². The molecular weight excluding hydrogens is 474 g/mol. The summed E-state index contributed by atoms with van der Waals surface area (Å²) in [6.45, 7) is 7.13. The molecule has 0 bridgehead atoms. The number of likely N-dealkylation sites (tertiary alicyclic amines) is 1. The van der Waals surface area contributed by atoms with Crippen molar-refractivity contribution in [2.24, 2.45) is 0 Å². The Hall–Kier alpha value is -2.23. The summed E-state index contributed by atoms with van der Waals surface area (Å²) >= 11 is 0. The average molecular weight is 516 g/mol. The maximum Gasteiger partial charge on any atom is 0.410 e. The molecule has 1 aliphatic heterocycles. The number of carbonyl (C=O) groups excluding carboxylic acids is 1. The lowest BCUT2D eigenvalue weighted by Gasteiger charge is -2.46. The molecule has 8 heteroatoms. The van der Waals surface area contributed by atoms with Gasteiger partial charge in [-0.15, -0.1) is 0 Å². The number of hydrogen-bond acceptors (Lipinski definition) is 6. The highest BCUT2D eigenvalue weighted by atomic mass is 28.4. The zero-order valence-electron chi connectivity index (χ0n) is 22.2. The predicted octanol–water partition coefficient (Wildman–Crippen LogP) is 3.53. The summed E-state index contributed by atoms with van der Waals surface area (Å²) in [5.41, 5.74) is 0. The molecule has 2 aromatic rings. The molecule has 0 radical (unpaired) electrons. The number of methoxy groups -OCH3 is 2. The summed E-state index contributed by atoms with van der Waals surface area (Å²) in [6, 6.07) is 20.4. The van der Waals surface area contributed by atoms with E-state index in [2.05, 4.69) is 69.3 Å². The van der Waals surface area contributed by atoms with Crippen LogP contribution in [0.15, 0.2) is 60.7 Å². The van der Waals surface area contributed by atoms with Crippen molar-refractivity contribution in [2.45, 2.75) is 63.3 Å². The standard InChI is InChI=1S/C28H41NO6Si/c1-28(2,3)36(23-12-8-6-9-13-23,24-14-10-7-11-15-24)35-19-18-22-16-17-26(34-21-32-4)25(20-30)29(22)27(31)33-5/h6-15,22,25-26,30H,16-21H2,1-5H3/t22-,25-,26-/m1/s1. The molecular formula is C28H41NO6Si. The third-order valence-corrected chi connectivity index (χ3v) is 12.2. The Morgan fingerprint density at radius 1 is 1.00 bits per heavy atom. The van der Waals surface area contributed by atoms with Gasteiger partial charge in [-0.1, -0.05) is 81.4 Å². The molecule has 1 N–H and O–H groups in total. The third-order valence-electron chi connectivity index (χ3n) is 7.12. The Morgan fingerprint density at radius 3 is 2.06 bits per heavy atom. The average Bonchev–Trinajstić information content (AvgIpc) is 2.89. The first kappa shape index (κ1) is 28.3. The van der Waals surface area contributed by atoms with Gasteiger partial charge in [-0.25, -0.2) is 4.79 Å². The minimum Gasteiger partial charge on any atom is -0.453 e. The molecule has 7 nitrogen and oxygen atoms in total. The molecule has 198 valence electrons. The Bertz CT molecular complexity index is 897. The highest BCUT2D eigenvalue weighted by Crippen LogP contribution is 2.37. The van der Waals surface area contributed by atoms with E-state index in [0.717, 1.165) is 6.42 Å². The Morgan fingerprint density at radius 2 is 1.58 bits per heavy atom. The second-order valence-electron chi connectivity index (χ2n) is 10.3. The second-order valence-corrected chi connectivity index (χ2v) is 14.6. The van der Waals surface area contributed by atoms with Gasteiger partial charge in [-0.2, -0.15) is 0 Å². The normalized spacial score (nSPS) is 20.8. The summed E-state index contributed by atoms with van der Waals surface area (Å²) < 4.78 is 23.0. The molecule has 1 amide bonds. The highest BCUT2D eigenvalue weighted by molar-refractivity contribution is 6.99. The summed E-state index contributed by atoms with van der Waals surface area (Å²) in [5.74, 6) is 0. The molecule has 0 saturated carbocycles. The number of nitrogens with zero attached hydrogens (tertiary/aromatic N) is 1. The van der Waals surface area contributed by atoms with Crippen LogP contribution in [-0.4, -0.2) is 76.8 Å². The van der Waals surface area contributed by atoms with Crippen molar-refractivity contribution in [1.82, 2.24) is 4.90 Å². The number of benzene rings is 2. The monoisotopic (exact) mass is 515 g/mol. The minimum absolute atomic E-state index is 0.109. The van der Waals surface area contributed by atoms with Crippen LogP contribution in [0.1, 0.15) is 40.0 Å². The molecule has 3 rings (SSSR count). The smallest absolute Gasteiger partial charge is 0.410 e. The zero-order chi connectivity index (χ0) is 26.2. The fourth-order valence-electron chi connectivity index (χ4n) is 5.48. The van der Waals surface area contributed by atoms with Crippen LogP contribution in [0, 0.1) is 0 Å². The molecule has 0 unspecified atom stereocenters. The quantitative estimate of drug-likeness (QED) is 0.385. The van der Waals surface area contributed by atoms with Crippen LogP contribution < -0.4 is 10.4 Å². The molecule has 3 atom stereocenters. The minimum atomic E-state index is -2.67. The highest BCUT2D eigenvalue weighted by Gasteiger charge is 2.50. The fraction of sp³-hybridized carbons (Fsp3) is 0.536. The molecule has 1 aliphatic rings.